The van der Waals surface area contributed by atoms with E-state index in [1.807, 2.05) is 18.2 Å². The first-order valence-corrected chi connectivity index (χ1v) is 6.76. The summed E-state index contributed by atoms with van der Waals surface area (Å²) in [6.07, 6.45) is 1.30. The monoisotopic (exact) mass is 285 g/mol. The molecule has 110 valence electrons. The van der Waals surface area contributed by atoms with Gasteiger partial charge in [0.2, 0.25) is 5.88 Å². The minimum Gasteiger partial charge on any atom is -0.478 e. The van der Waals surface area contributed by atoms with Gasteiger partial charge in [0.25, 0.3) is 0 Å². The third kappa shape index (κ3) is 3.60. The number of benzene rings is 1. The number of aromatic nitrogens is 1. The fraction of sp³-hybridized carbons (Fsp3) is 0.294. The summed E-state index contributed by atoms with van der Waals surface area (Å²) in [4.78, 5) is 15.0. The number of carboxylic acids is 1. The molecule has 0 amide bonds. The fourth-order valence-corrected chi connectivity index (χ4v) is 1.92. The molecular formula is C17H19NO3. The van der Waals surface area contributed by atoms with Gasteiger partial charge in [-0.15, -0.1) is 0 Å². The highest BCUT2D eigenvalue weighted by Crippen LogP contribution is 2.29. The molecule has 0 aliphatic carbocycles. The van der Waals surface area contributed by atoms with Gasteiger partial charge in [-0.05, 0) is 36.1 Å². The zero-order valence-electron chi connectivity index (χ0n) is 12.7. The van der Waals surface area contributed by atoms with Crippen molar-refractivity contribution >= 4 is 5.97 Å². The second-order valence-corrected chi connectivity index (χ2v) is 6.03. The fourth-order valence-electron chi connectivity index (χ4n) is 1.92. The van der Waals surface area contributed by atoms with Crippen molar-refractivity contribution in [3.05, 3.63) is 53.2 Å². The van der Waals surface area contributed by atoms with E-state index in [-0.39, 0.29) is 11.0 Å². The summed E-state index contributed by atoms with van der Waals surface area (Å²) in [6, 6.07) is 9.39. The predicted octanol–water partition coefficient (Wildman–Crippen LogP) is 4.18. The van der Waals surface area contributed by atoms with Crippen molar-refractivity contribution in [3.63, 3.8) is 0 Å². The summed E-state index contributed by atoms with van der Waals surface area (Å²) < 4.78 is 5.78. The van der Waals surface area contributed by atoms with Crippen LogP contribution >= 0.6 is 0 Å². The number of carbonyl (C=O) groups is 1. The van der Waals surface area contributed by atoms with Gasteiger partial charge in [-0.2, -0.15) is 0 Å². The molecular weight excluding hydrogens is 266 g/mol. The second kappa shape index (κ2) is 5.56. The molecule has 0 aliphatic heterocycles. The van der Waals surface area contributed by atoms with Crippen LogP contribution in [0, 0.1) is 6.92 Å². The summed E-state index contributed by atoms with van der Waals surface area (Å²) in [5, 5.41) is 8.93. The number of aromatic carboxylic acids is 1. The summed E-state index contributed by atoms with van der Waals surface area (Å²) >= 11 is 0. The summed E-state index contributed by atoms with van der Waals surface area (Å²) in [7, 11) is 0. The minimum atomic E-state index is -0.994. The number of rotatable bonds is 3. The zero-order chi connectivity index (χ0) is 15.6. The van der Waals surface area contributed by atoms with E-state index in [4.69, 9.17) is 9.84 Å². The highest BCUT2D eigenvalue weighted by atomic mass is 16.5. The van der Waals surface area contributed by atoms with Crippen molar-refractivity contribution in [2.24, 2.45) is 0 Å². The Morgan fingerprint density at radius 1 is 1.24 bits per heavy atom. The molecule has 0 unspecified atom stereocenters. The van der Waals surface area contributed by atoms with E-state index in [1.165, 1.54) is 11.8 Å². The van der Waals surface area contributed by atoms with Gasteiger partial charge < -0.3 is 9.84 Å². The van der Waals surface area contributed by atoms with Crippen LogP contribution in [0.3, 0.4) is 0 Å². The van der Waals surface area contributed by atoms with Crippen LogP contribution in [0.1, 0.15) is 42.3 Å². The maximum absolute atomic E-state index is 10.9. The Bertz CT molecular complexity index is 672. The molecule has 0 aliphatic rings. The van der Waals surface area contributed by atoms with Gasteiger partial charge in [-0.3, -0.25) is 0 Å². The van der Waals surface area contributed by atoms with Crippen LogP contribution in [-0.2, 0) is 5.41 Å². The van der Waals surface area contributed by atoms with Crippen LogP contribution < -0.4 is 4.74 Å². The van der Waals surface area contributed by atoms with Crippen LogP contribution in [0.5, 0.6) is 11.6 Å². The van der Waals surface area contributed by atoms with Crippen LogP contribution in [0.2, 0.25) is 0 Å². The average molecular weight is 285 g/mol. The lowest BCUT2D eigenvalue weighted by Gasteiger charge is -2.19. The number of hydrogen-bond donors (Lipinski definition) is 1. The molecule has 0 spiro atoms. The highest BCUT2D eigenvalue weighted by molar-refractivity contribution is 5.87. The number of aryl methyl sites for hydroxylation is 1. The molecule has 0 fully saturated rings. The second-order valence-electron chi connectivity index (χ2n) is 6.03. The average Bonchev–Trinajstić information content (AvgIpc) is 2.40. The Morgan fingerprint density at radius 3 is 2.52 bits per heavy atom. The summed E-state index contributed by atoms with van der Waals surface area (Å²) in [6.45, 7) is 8.19. The molecule has 1 N–H and O–H groups in total. The third-order valence-electron chi connectivity index (χ3n) is 3.19. The molecule has 0 bridgehead atoms. The molecule has 1 aromatic carbocycles. The molecule has 4 nitrogen and oxygen atoms in total. The van der Waals surface area contributed by atoms with Crippen LogP contribution in [-0.4, -0.2) is 16.1 Å². The standard InChI is InChI=1S/C17H19NO3/c1-11-8-12(16(19)20)10-18-15(11)21-14-7-5-6-13(9-14)17(2,3)4/h5-10H,1-4H3,(H,19,20). The predicted molar refractivity (Wildman–Crippen MR) is 81.1 cm³/mol. The number of pyridine rings is 1. The first-order valence-electron chi connectivity index (χ1n) is 6.76. The molecule has 21 heavy (non-hydrogen) atoms. The summed E-state index contributed by atoms with van der Waals surface area (Å²) in [5.41, 5.74) is 2.05. The number of nitrogens with zero attached hydrogens (tertiary/aromatic N) is 1. The lowest BCUT2D eigenvalue weighted by Crippen LogP contribution is -2.10. The van der Waals surface area contributed by atoms with Crippen molar-refractivity contribution in [2.45, 2.75) is 33.1 Å². The van der Waals surface area contributed by atoms with Crippen molar-refractivity contribution in [2.75, 3.05) is 0 Å². The Labute approximate surface area is 124 Å². The Morgan fingerprint density at radius 2 is 1.95 bits per heavy atom. The molecule has 2 rings (SSSR count). The molecule has 0 atom stereocenters. The van der Waals surface area contributed by atoms with Crippen molar-refractivity contribution in [3.8, 4) is 11.6 Å². The van der Waals surface area contributed by atoms with Gasteiger partial charge in [-0.25, -0.2) is 9.78 Å². The maximum atomic E-state index is 10.9. The van der Waals surface area contributed by atoms with Gasteiger partial charge in [0, 0.05) is 11.8 Å². The van der Waals surface area contributed by atoms with E-state index in [9.17, 15) is 4.79 Å². The van der Waals surface area contributed by atoms with E-state index >= 15 is 0 Å². The lowest BCUT2D eigenvalue weighted by molar-refractivity contribution is 0.0696. The van der Waals surface area contributed by atoms with Gasteiger partial charge in [0.15, 0.2) is 0 Å². The first-order chi connectivity index (χ1) is 9.77. The van der Waals surface area contributed by atoms with Gasteiger partial charge >= 0.3 is 5.97 Å². The van der Waals surface area contributed by atoms with E-state index in [0.29, 0.717) is 17.2 Å². The van der Waals surface area contributed by atoms with Gasteiger partial charge in [0.05, 0.1) is 5.56 Å². The molecule has 1 heterocycles. The zero-order valence-corrected chi connectivity index (χ0v) is 12.7. The first kappa shape index (κ1) is 15.0. The van der Waals surface area contributed by atoms with Crippen molar-refractivity contribution in [1.29, 1.82) is 0 Å². The largest absolute Gasteiger partial charge is 0.478 e. The van der Waals surface area contributed by atoms with Gasteiger partial charge in [-0.1, -0.05) is 32.9 Å². The van der Waals surface area contributed by atoms with Gasteiger partial charge in [0.1, 0.15) is 5.75 Å². The SMILES string of the molecule is Cc1cc(C(=O)O)cnc1Oc1cccc(C(C)(C)C)c1. The number of ether oxygens (including phenoxy) is 1. The molecule has 0 saturated heterocycles. The Hall–Kier alpha value is -2.36. The smallest absolute Gasteiger partial charge is 0.337 e. The van der Waals surface area contributed by atoms with E-state index in [0.717, 1.165) is 0 Å². The summed E-state index contributed by atoms with van der Waals surface area (Å²) in [5.74, 6) is 0.124. The van der Waals surface area contributed by atoms with E-state index < -0.39 is 5.97 Å². The highest BCUT2D eigenvalue weighted by Gasteiger charge is 2.15. The molecule has 1 aromatic heterocycles. The van der Waals surface area contributed by atoms with E-state index in [1.54, 1.807) is 13.0 Å². The van der Waals surface area contributed by atoms with E-state index in [2.05, 4.69) is 31.8 Å². The molecule has 0 saturated carbocycles. The maximum Gasteiger partial charge on any atom is 0.337 e. The topological polar surface area (TPSA) is 59.4 Å². The number of carboxylic acid groups (broad SMARTS) is 1. The number of hydrogen-bond acceptors (Lipinski definition) is 3. The molecule has 4 heteroatoms. The van der Waals surface area contributed by atoms with Crippen molar-refractivity contribution < 1.29 is 14.6 Å². The normalized spacial score (nSPS) is 11.2. The molecule has 0 radical (unpaired) electrons. The Balaban J connectivity index is 2.28. The van der Waals surface area contributed by atoms with Crippen molar-refractivity contribution in [1.82, 2.24) is 4.98 Å². The molecule has 2 aromatic rings. The lowest BCUT2D eigenvalue weighted by atomic mass is 9.87. The van der Waals surface area contributed by atoms with Crippen LogP contribution in [0.15, 0.2) is 36.5 Å². The third-order valence-corrected chi connectivity index (χ3v) is 3.19. The Kier molecular flexibility index (Phi) is 3.98. The quantitative estimate of drug-likeness (QED) is 0.919. The van der Waals surface area contributed by atoms with Crippen LogP contribution in [0.25, 0.3) is 0 Å². The minimum absolute atomic E-state index is 0.0367. The van der Waals surface area contributed by atoms with Crippen LogP contribution in [0.4, 0.5) is 0 Å².